The highest BCUT2D eigenvalue weighted by Gasteiger charge is 2.32. The molecule has 0 spiro atoms. The van der Waals surface area contributed by atoms with Crippen LogP contribution in [0.25, 0.3) is 0 Å². The molecule has 0 unspecified atom stereocenters. The van der Waals surface area contributed by atoms with Crippen LogP contribution in [0.5, 0.6) is 5.88 Å². The highest BCUT2D eigenvalue weighted by molar-refractivity contribution is 7.80. The minimum absolute atomic E-state index is 0.229. The largest absolute Gasteiger partial charge is 0.481 e. The van der Waals surface area contributed by atoms with E-state index in [9.17, 15) is 13.2 Å². The van der Waals surface area contributed by atoms with Crippen molar-refractivity contribution in [2.45, 2.75) is 12.7 Å². The van der Waals surface area contributed by atoms with Gasteiger partial charge in [-0.15, -0.1) is 0 Å². The Morgan fingerprint density at radius 1 is 1.29 bits per heavy atom. The third-order valence-electron chi connectivity index (χ3n) is 3.00. The van der Waals surface area contributed by atoms with E-state index in [1.54, 1.807) is 18.3 Å². The summed E-state index contributed by atoms with van der Waals surface area (Å²) < 4.78 is 42.9. The summed E-state index contributed by atoms with van der Waals surface area (Å²) in [7, 11) is 1.51. The number of hydrogen-bond acceptors (Lipinski definition) is 3. The molecular formula is C15H13ClF3N3OS. The first-order chi connectivity index (χ1) is 11.3. The fraction of sp³-hybridized carbons (Fsp3) is 0.200. The van der Waals surface area contributed by atoms with Gasteiger partial charge in [0, 0.05) is 12.6 Å². The van der Waals surface area contributed by atoms with Crippen LogP contribution in [0, 0.1) is 0 Å². The van der Waals surface area contributed by atoms with E-state index in [-0.39, 0.29) is 11.6 Å². The van der Waals surface area contributed by atoms with Gasteiger partial charge in [-0.05, 0) is 36.0 Å². The Labute approximate surface area is 147 Å². The Balaban J connectivity index is 1.92. The molecular weight excluding hydrogens is 363 g/mol. The highest BCUT2D eigenvalue weighted by Crippen LogP contribution is 2.34. The number of nitrogens with one attached hydrogen (secondary N) is 2. The van der Waals surface area contributed by atoms with E-state index in [2.05, 4.69) is 15.6 Å². The van der Waals surface area contributed by atoms with Gasteiger partial charge in [0.1, 0.15) is 0 Å². The average molecular weight is 376 g/mol. The molecule has 2 N–H and O–H groups in total. The van der Waals surface area contributed by atoms with Crippen molar-refractivity contribution in [3.63, 3.8) is 0 Å². The lowest BCUT2D eigenvalue weighted by Gasteiger charge is -2.13. The fourth-order valence-corrected chi connectivity index (χ4v) is 2.33. The molecule has 0 aliphatic heterocycles. The SMILES string of the molecule is COc1ccc(NC(=S)NCc2ccc(C(F)(F)F)c(Cl)c2)cn1. The first-order valence-corrected chi connectivity index (χ1v) is 7.48. The summed E-state index contributed by atoms with van der Waals surface area (Å²) in [4.78, 5) is 4.02. The molecule has 24 heavy (non-hydrogen) atoms. The van der Waals surface area contributed by atoms with Gasteiger partial charge >= 0.3 is 6.18 Å². The number of hydrogen-bond donors (Lipinski definition) is 2. The van der Waals surface area contributed by atoms with Gasteiger partial charge in [0.2, 0.25) is 5.88 Å². The molecule has 0 bridgehead atoms. The van der Waals surface area contributed by atoms with Crippen molar-refractivity contribution in [1.82, 2.24) is 10.3 Å². The molecule has 0 fully saturated rings. The summed E-state index contributed by atoms with van der Waals surface area (Å²) in [5.74, 6) is 0.471. The third kappa shape index (κ3) is 4.97. The maximum absolute atomic E-state index is 12.6. The van der Waals surface area contributed by atoms with Crippen molar-refractivity contribution < 1.29 is 17.9 Å². The summed E-state index contributed by atoms with van der Waals surface area (Å²) >= 11 is 10.8. The van der Waals surface area contributed by atoms with Crippen molar-refractivity contribution in [3.8, 4) is 5.88 Å². The molecule has 0 amide bonds. The Morgan fingerprint density at radius 3 is 2.58 bits per heavy atom. The first kappa shape index (κ1) is 18.3. The molecule has 9 heteroatoms. The summed E-state index contributed by atoms with van der Waals surface area (Å²) in [5.41, 5.74) is 0.363. The van der Waals surface area contributed by atoms with E-state index >= 15 is 0 Å². The molecule has 0 radical (unpaired) electrons. The number of pyridine rings is 1. The summed E-state index contributed by atoms with van der Waals surface area (Å²) in [6.07, 6.45) is -2.93. The number of methoxy groups -OCH3 is 1. The number of alkyl halides is 3. The fourth-order valence-electron chi connectivity index (χ4n) is 1.83. The Hall–Kier alpha value is -2.06. The van der Waals surface area contributed by atoms with E-state index in [1.165, 1.54) is 19.2 Å². The lowest BCUT2D eigenvalue weighted by atomic mass is 10.1. The predicted octanol–water partition coefficient (Wildman–Crippen LogP) is 4.25. The van der Waals surface area contributed by atoms with E-state index in [0.29, 0.717) is 22.2 Å². The molecule has 0 aliphatic rings. The second kappa shape index (κ2) is 7.67. The molecule has 128 valence electrons. The lowest BCUT2D eigenvalue weighted by molar-refractivity contribution is -0.137. The van der Waals surface area contributed by atoms with E-state index < -0.39 is 11.7 Å². The maximum atomic E-state index is 12.6. The molecule has 0 atom stereocenters. The van der Waals surface area contributed by atoms with Gasteiger partial charge in [0.15, 0.2) is 5.11 Å². The zero-order chi connectivity index (χ0) is 17.7. The summed E-state index contributed by atoms with van der Waals surface area (Å²) in [5, 5.41) is 5.74. The Kier molecular flexibility index (Phi) is 5.84. The van der Waals surface area contributed by atoms with E-state index in [1.807, 2.05) is 0 Å². The van der Waals surface area contributed by atoms with Gasteiger partial charge < -0.3 is 15.4 Å². The number of nitrogens with zero attached hydrogens (tertiary/aromatic N) is 1. The summed E-state index contributed by atoms with van der Waals surface area (Å²) in [6.45, 7) is 0.229. The van der Waals surface area contributed by atoms with Crippen LogP contribution in [0.1, 0.15) is 11.1 Å². The zero-order valence-electron chi connectivity index (χ0n) is 12.4. The van der Waals surface area contributed by atoms with E-state index in [0.717, 1.165) is 6.07 Å². The number of rotatable bonds is 4. The molecule has 4 nitrogen and oxygen atoms in total. The molecule has 0 saturated heterocycles. The van der Waals surface area contributed by atoms with Crippen molar-refractivity contribution >= 4 is 34.6 Å². The molecule has 0 aliphatic carbocycles. The first-order valence-electron chi connectivity index (χ1n) is 6.70. The molecule has 1 aromatic heterocycles. The second-order valence-corrected chi connectivity index (χ2v) is 5.52. The van der Waals surface area contributed by atoms with Gasteiger partial charge in [-0.2, -0.15) is 13.2 Å². The van der Waals surface area contributed by atoms with Gasteiger partial charge in [-0.1, -0.05) is 17.7 Å². The zero-order valence-corrected chi connectivity index (χ0v) is 14.0. The van der Waals surface area contributed by atoms with Crippen LogP contribution in [0.2, 0.25) is 5.02 Å². The smallest absolute Gasteiger partial charge is 0.417 e. The van der Waals surface area contributed by atoms with Gasteiger partial charge in [-0.25, -0.2) is 4.98 Å². The second-order valence-electron chi connectivity index (χ2n) is 4.71. The normalized spacial score (nSPS) is 11.0. The number of thiocarbonyl (C=S) groups is 1. The van der Waals surface area contributed by atoms with Crippen LogP contribution in [-0.4, -0.2) is 17.2 Å². The third-order valence-corrected chi connectivity index (χ3v) is 3.55. The maximum Gasteiger partial charge on any atom is 0.417 e. The van der Waals surface area contributed by atoms with E-state index in [4.69, 9.17) is 28.6 Å². The Bertz CT molecular complexity index is 723. The molecule has 1 heterocycles. The number of ether oxygens (including phenoxy) is 1. The molecule has 2 aromatic rings. The lowest BCUT2D eigenvalue weighted by Crippen LogP contribution is -2.28. The van der Waals surface area contributed by atoms with Gasteiger partial charge in [-0.3, -0.25) is 0 Å². The van der Waals surface area contributed by atoms with Crippen LogP contribution in [0.3, 0.4) is 0 Å². The highest BCUT2D eigenvalue weighted by atomic mass is 35.5. The minimum atomic E-state index is -4.47. The molecule has 0 saturated carbocycles. The number of anilines is 1. The van der Waals surface area contributed by atoms with Crippen molar-refractivity contribution in [2.24, 2.45) is 0 Å². The van der Waals surface area contributed by atoms with Crippen molar-refractivity contribution in [3.05, 3.63) is 52.7 Å². The minimum Gasteiger partial charge on any atom is -0.481 e. The van der Waals surface area contributed by atoms with Crippen LogP contribution < -0.4 is 15.4 Å². The van der Waals surface area contributed by atoms with Crippen LogP contribution in [0.4, 0.5) is 18.9 Å². The standard InChI is InChI=1S/C15H13ClF3N3OS/c1-23-13-5-3-10(8-20-13)22-14(24)21-7-9-2-4-11(12(16)6-9)15(17,18)19/h2-6,8H,7H2,1H3,(H2,21,22,24). The number of halogens is 4. The monoisotopic (exact) mass is 375 g/mol. The predicted molar refractivity (Wildman–Crippen MR) is 90.3 cm³/mol. The number of benzene rings is 1. The summed E-state index contributed by atoms with van der Waals surface area (Å²) in [6, 6.07) is 6.95. The van der Waals surface area contributed by atoms with Crippen LogP contribution >= 0.6 is 23.8 Å². The average Bonchev–Trinajstić information content (AvgIpc) is 2.52. The molecule has 1 aromatic carbocycles. The number of aromatic nitrogens is 1. The van der Waals surface area contributed by atoms with Crippen LogP contribution in [0.15, 0.2) is 36.5 Å². The Morgan fingerprint density at radius 2 is 2.04 bits per heavy atom. The molecule has 2 rings (SSSR count). The van der Waals surface area contributed by atoms with Crippen LogP contribution in [-0.2, 0) is 12.7 Å². The van der Waals surface area contributed by atoms with Gasteiger partial charge in [0.05, 0.1) is 29.6 Å². The topological polar surface area (TPSA) is 46.2 Å². The van der Waals surface area contributed by atoms with Gasteiger partial charge in [0.25, 0.3) is 0 Å². The van der Waals surface area contributed by atoms with Crippen molar-refractivity contribution in [1.29, 1.82) is 0 Å². The van der Waals surface area contributed by atoms with Crippen molar-refractivity contribution in [2.75, 3.05) is 12.4 Å². The quantitative estimate of drug-likeness (QED) is 0.782.